The highest BCUT2D eigenvalue weighted by molar-refractivity contribution is 7.80. The zero-order valence-electron chi connectivity index (χ0n) is 15.2. The van der Waals surface area contributed by atoms with Gasteiger partial charge in [-0.05, 0) is 76.5 Å². The van der Waals surface area contributed by atoms with E-state index in [0.717, 1.165) is 37.2 Å². The van der Waals surface area contributed by atoms with Crippen molar-refractivity contribution >= 4 is 34.8 Å². The van der Waals surface area contributed by atoms with Gasteiger partial charge < -0.3 is 26.0 Å². The Balaban J connectivity index is 1.92. The van der Waals surface area contributed by atoms with Crippen molar-refractivity contribution in [2.45, 2.75) is 51.7 Å². The Morgan fingerprint density at radius 1 is 1.28 bits per heavy atom. The monoisotopic (exact) mass is 364 g/mol. The number of ether oxygens (including phenoxy) is 1. The van der Waals surface area contributed by atoms with Crippen LogP contribution < -0.4 is 16.4 Å². The van der Waals surface area contributed by atoms with Gasteiger partial charge >= 0.3 is 6.09 Å². The summed E-state index contributed by atoms with van der Waals surface area (Å²) in [5.41, 5.74) is 6.83. The van der Waals surface area contributed by atoms with Crippen LogP contribution in [-0.2, 0) is 4.74 Å². The second-order valence-electron chi connectivity index (χ2n) is 7.27. The SMILES string of the molecule is CC(C)(C)OC(=O)N1CCCCC1CNc1ccc(NC(N)=S)cc1. The molecule has 138 valence electrons. The molecule has 0 bridgehead atoms. The standard InChI is InChI=1S/C18H28N4O2S/c1-18(2,3)24-17(23)22-11-5-4-6-15(22)12-20-13-7-9-14(10-8-13)21-16(19)25/h7-10,15,20H,4-6,11-12H2,1-3H3,(H3,19,21,25). The van der Waals surface area contributed by atoms with Crippen molar-refractivity contribution in [1.29, 1.82) is 0 Å². The first-order valence-corrected chi connectivity index (χ1v) is 9.05. The van der Waals surface area contributed by atoms with Gasteiger partial charge in [-0.15, -0.1) is 0 Å². The van der Waals surface area contributed by atoms with Gasteiger partial charge in [0.2, 0.25) is 0 Å². The van der Waals surface area contributed by atoms with Gasteiger partial charge in [-0.25, -0.2) is 4.79 Å². The molecule has 1 aromatic rings. The number of nitrogens with zero attached hydrogens (tertiary/aromatic N) is 1. The molecular weight excluding hydrogens is 336 g/mol. The van der Waals surface area contributed by atoms with Gasteiger partial charge in [0.05, 0.1) is 6.04 Å². The van der Waals surface area contributed by atoms with E-state index in [2.05, 4.69) is 10.6 Å². The molecule has 7 heteroatoms. The molecule has 25 heavy (non-hydrogen) atoms. The molecule has 0 saturated carbocycles. The van der Waals surface area contributed by atoms with Crippen LogP contribution in [0.15, 0.2) is 24.3 Å². The molecule has 1 atom stereocenters. The molecule has 1 aliphatic rings. The van der Waals surface area contributed by atoms with Crippen LogP contribution in [-0.4, -0.2) is 40.8 Å². The third kappa shape index (κ3) is 6.42. The summed E-state index contributed by atoms with van der Waals surface area (Å²) in [5.74, 6) is 0. The Labute approximate surface area is 155 Å². The van der Waals surface area contributed by atoms with Gasteiger partial charge in [-0.1, -0.05) is 0 Å². The van der Waals surface area contributed by atoms with Crippen LogP contribution in [0.25, 0.3) is 0 Å². The summed E-state index contributed by atoms with van der Waals surface area (Å²) in [6.45, 7) is 7.12. The van der Waals surface area contributed by atoms with Crippen molar-refractivity contribution in [3.8, 4) is 0 Å². The van der Waals surface area contributed by atoms with E-state index in [1.165, 1.54) is 0 Å². The van der Waals surface area contributed by atoms with Gasteiger partial charge in [0.1, 0.15) is 5.60 Å². The Morgan fingerprint density at radius 3 is 2.52 bits per heavy atom. The van der Waals surface area contributed by atoms with Crippen LogP contribution in [0.3, 0.4) is 0 Å². The van der Waals surface area contributed by atoms with Crippen molar-refractivity contribution in [3.63, 3.8) is 0 Å². The van der Waals surface area contributed by atoms with Crippen molar-refractivity contribution in [1.82, 2.24) is 4.90 Å². The number of amides is 1. The highest BCUT2D eigenvalue weighted by atomic mass is 32.1. The Kier molecular flexibility index (Phi) is 6.47. The molecule has 6 nitrogen and oxygen atoms in total. The topological polar surface area (TPSA) is 79.6 Å². The highest BCUT2D eigenvalue weighted by Crippen LogP contribution is 2.21. The van der Waals surface area contributed by atoms with E-state index in [1.807, 2.05) is 49.9 Å². The lowest BCUT2D eigenvalue weighted by Gasteiger charge is -2.37. The number of nitrogens with two attached hydrogens (primary N) is 1. The molecule has 2 rings (SSSR count). The maximum atomic E-state index is 12.4. The minimum atomic E-state index is -0.473. The smallest absolute Gasteiger partial charge is 0.410 e. The fourth-order valence-electron chi connectivity index (χ4n) is 2.82. The summed E-state index contributed by atoms with van der Waals surface area (Å²) in [5, 5.41) is 6.54. The normalized spacial score (nSPS) is 17.7. The molecule has 1 saturated heterocycles. The summed E-state index contributed by atoms with van der Waals surface area (Å²) in [6.07, 6.45) is 2.90. The van der Waals surface area contributed by atoms with Gasteiger partial charge in [0, 0.05) is 24.5 Å². The Bertz CT molecular complexity index is 598. The average Bonchev–Trinajstić information content (AvgIpc) is 2.52. The molecule has 1 amide bonds. The predicted octanol–water partition coefficient (Wildman–Crippen LogP) is 3.54. The van der Waals surface area contributed by atoms with Crippen molar-refractivity contribution < 1.29 is 9.53 Å². The molecule has 1 unspecified atom stereocenters. The first-order valence-electron chi connectivity index (χ1n) is 8.64. The van der Waals surface area contributed by atoms with Crippen LogP contribution in [0, 0.1) is 0 Å². The lowest BCUT2D eigenvalue weighted by Crippen LogP contribution is -2.48. The largest absolute Gasteiger partial charge is 0.444 e. The third-order valence-electron chi connectivity index (χ3n) is 3.95. The molecule has 0 aliphatic carbocycles. The van der Waals surface area contributed by atoms with Crippen molar-refractivity contribution in [3.05, 3.63) is 24.3 Å². The van der Waals surface area contributed by atoms with Crippen LogP contribution in [0.1, 0.15) is 40.0 Å². The minimum Gasteiger partial charge on any atom is -0.444 e. The number of benzene rings is 1. The summed E-state index contributed by atoms with van der Waals surface area (Å²) < 4.78 is 5.54. The number of anilines is 2. The van der Waals surface area contributed by atoms with Gasteiger partial charge in [0.25, 0.3) is 0 Å². The van der Waals surface area contributed by atoms with E-state index in [4.69, 9.17) is 22.7 Å². The second kappa shape index (κ2) is 8.38. The number of rotatable bonds is 4. The molecule has 0 spiro atoms. The molecule has 1 fully saturated rings. The molecule has 1 heterocycles. The number of likely N-dealkylation sites (tertiary alicyclic amines) is 1. The number of hydrogen-bond acceptors (Lipinski definition) is 4. The van der Waals surface area contributed by atoms with E-state index in [0.29, 0.717) is 6.54 Å². The van der Waals surface area contributed by atoms with Crippen LogP contribution in [0.2, 0.25) is 0 Å². The molecule has 4 N–H and O–H groups in total. The number of nitrogens with one attached hydrogen (secondary N) is 2. The number of piperidine rings is 1. The fourth-order valence-corrected chi connectivity index (χ4v) is 2.94. The van der Waals surface area contributed by atoms with E-state index >= 15 is 0 Å². The fraction of sp³-hybridized carbons (Fsp3) is 0.556. The maximum absolute atomic E-state index is 12.4. The number of hydrogen-bond donors (Lipinski definition) is 3. The van der Waals surface area contributed by atoms with Crippen LogP contribution in [0.5, 0.6) is 0 Å². The first kappa shape index (κ1) is 19.3. The zero-order chi connectivity index (χ0) is 18.4. The first-order chi connectivity index (χ1) is 11.7. The Morgan fingerprint density at radius 2 is 1.92 bits per heavy atom. The molecule has 1 aromatic carbocycles. The molecule has 0 radical (unpaired) electrons. The lowest BCUT2D eigenvalue weighted by molar-refractivity contribution is 0.0114. The molecule has 0 aromatic heterocycles. The zero-order valence-corrected chi connectivity index (χ0v) is 16.0. The highest BCUT2D eigenvalue weighted by Gasteiger charge is 2.30. The molecular formula is C18H28N4O2S. The van der Waals surface area contributed by atoms with E-state index < -0.39 is 5.60 Å². The van der Waals surface area contributed by atoms with E-state index in [-0.39, 0.29) is 17.2 Å². The van der Waals surface area contributed by atoms with E-state index in [1.54, 1.807) is 0 Å². The average molecular weight is 365 g/mol. The summed E-state index contributed by atoms with van der Waals surface area (Å²) in [6, 6.07) is 7.88. The minimum absolute atomic E-state index is 0.137. The summed E-state index contributed by atoms with van der Waals surface area (Å²) >= 11 is 4.82. The van der Waals surface area contributed by atoms with Crippen LogP contribution in [0.4, 0.5) is 16.2 Å². The lowest BCUT2D eigenvalue weighted by atomic mass is 10.0. The van der Waals surface area contributed by atoms with Gasteiger partial charge in [0.15, 0.2) is 5.11 Å². The van der Waals surface area contributed by atoms with Crippen LogP contribution >= 0.6 is 12.2 Å². The Hall–Kier alpha value is -2.02. The van der Waals surface area contributed by atoms with Crippen molar-refractivity contribution in [2.24, 2.45) is 5.73 Å². The second-order valence-corrected chi connectivity index (χ2v) is 7.71. The quantitative estimate of drug-likeness (QED) is 0.709. The van der Waals surface area contributed by atoms with Gasteiger partial charge in [-0.3, -0.25) is 0 Å². The number of carbonyl (C=O) groups is 1. The molecule has 1 aliphatic heterocycles. The number of carbonyl (C=O) groups excluding carboxylic acids is 1. The van der Waals surface area contributed by atoms with Gasteiger partial charge in [-0.2, -0.15) is 0 Å². The van der Waals surface area contributed by atoms with Crippen molar-refractivity contribution in [2.75, 3.05) is 23.7 Å². The third-order valence-corrected chi connectivity index (χ3v) is 4.05. The predicted molar refractivity (Wildman–Crippen MR) is 106 cm³/mol. The number of thiocarbonyl (C=S) groups is 1. The van der Waals surface area contributed by atoms with E-state index in [9.17, 15) is 4.79 Å². The maximum Gasteiger partial charge on any atom is 0.410 e. The summed E-state index contributed by atoms with van der Waals surface area (Å²) in [4.78, 5) is 14.3. The summed E-state index contributed by atoms with van der Waals surface area (Å²) in [7, 11) is 0.